The minimum Gasteiger partial charge on any atom is -0.324 e. The van der Waals surface area contributed by atoms with Crippen LogP contribution in [0, 0.1) is 0 Å². The molecule has 0 saturated carbocycles. The molecule has 0 aliphatic heterocycles. The minimum absolute atomic E-state index is 0.00556. The number of hydrogen-bond acceptors (Lipinski definition) is 4. The molecule has 0 fully saturated rings. The third-order valence-electron chi connectivity index (χ3n) is 2.96. The molecule has 2 N–H and O–H groups in total. The highest BCUT2D eigenvalue weighted by Gasteiger charge is 2.08. The van der Waals surface area contributed by atoms with Crippen molar-refractivity contribution >= 4 is 22.4 Å². The van der Waals surface area contributed by atoms with E-state index in [2.05, 4.69) is 26.8 Å². The Morgan fingerprint density at radius 2 is 1.94 bits per heavy atom. The quantitative estimate of drug-likeness (QED) is 0.783. The summed E-state index contributed by atoms with van der Waals surface area (Å²) in [6.07, 6.45) is 4.26. The van der Waals surface area contributed by atoms with Crippen LogP contribution in [0.25, 0.3) is 11.0 Å². The second-order valence-corrected chi connectivity index (χ2v) is 5.03. The lowest BCUT2D eigenvalue weighted by atomic mass is 10.0. The highest BCUT2D eigenvalue weighted by Crippen LogP contribution is 2.20. The first kappa shape index (κ1) is 11.3. The predicted molar refractivity (Wildman–Crippen MR) is 74.5 cm³/mol. The Kier molecular flexibility index (Phi) is 3.04. The standard InChI is InChI=1S/C14H13N3S/c15-12(7-10-3-6-18-9-10)11-1-2-13-14(8-11)17-5-4-16-13/h1-6,8-9,12H,7,15H2. The molecule has 0 saturated heterocycles. The molecular weight excluding hydrogens is 242 g/mol. The van der Waals surface area contributed by atoms with Crippen molar-refractivity contribution in [2.75, 3.05) is 0 Å². The molecule has 90 valence electrons. The van der Waals surface area contributed by atoms with Gasteiger partial charge in [0.15, 0.2) is 0 Å². The van der Waals surface area contributed by atoms with Gasteiger partial charge in [-0.2, -0.15) is 11.3 Å². The van der Waals surface area contributed by atoms with Crippen LogP contribution in [0.15, 0.2) is 47.4 Å². The second kappa shape index (κ2) is 4.84. The highest BCUT2D eigenvalue weighted by molar-refractivity contribution is 7.07. The van der Waals surface area contributed by atoms with Gasteiger partial charge in [0.1, 0.15) is 0 Å². The SMILES string of the molecule is NC(Cc1ccsc1)c1ccc2nccnc2c1. The van der Waals surface area contributed by atoms with E-state index in [1.807, 2.05) is 18.2 Å². The average Bonchev–Trinajstić information content (AvgIpc) is 2.91. The molecule has 0 spiro atoms. The summed E-state index contributed by atoms with van der Waals surface area (Å²) in [5, 5.41) is 4.22. The normalized spacial score (nSPS) is 12.7. The number of fused-ring (bicyclic) bond motifs is 1. The van der Waals surface area contributed by atoms with Crippen molar-refractivity contribution in [3.63, 3.8) is 0 Å². The van der Waals surface area contributed by atoms with Gasteiger partial charge in [0.05, 0.1) is 11.0 Å². The van der Waals surface area contributed by atoms with Crippen LogP contribution in [0.2, 0.25) is 0 Å². The van der Waals surface area contributed by atoms with E-state index < -0.39 is 0 Å². The Morgan fingerprint density at radius 3 is 2.72 bits per heavy atom. The molecule has 0 aliphatic rings. The van der Waals surface area contributed by atoms with E-state index >= 15 is 0 Å². The zero-order valence-electron chi connectivity index (χ0n) is 9.78. The van der Waals surface area contributed by atoms with Crippen molar-refractivity contribution < 1.29 is 0 Å². The Labute approximate surface area is 109 Å². The van der Waals surface area contributed by atoms with Crippen LogP contribution in [0.5, 0.6) is 0 Å². The molecule has 0 radical (unpaired) electrons. The second-order valence-electron chi connectivity index (χ2n) is 4.25. The first-order valence-electron chi connectivity index (χ1n) is 5.80. The van der Waals surface area contributed by atoms with Crippen LogP contribution < -0.4 is 5.73 Å². The number of benzene rings is 1. The third kappa shape index (κ3) is 2.25. The fourth-order valence-corrected chi connectivity index (χ4v) is 2.67. The monoisotopic (exact) mass is 255 g/mol. The molecular formula is C14H13N3S. The Bertz CT molecular complexity index is 649. The molecule has 18 heavy (non-hydrogen) atoms. The number of aromatic nitrogens is 2. The van der Waals surface area contributed by atoms with Gasteiger partial charge in [-0.05, 0) is 46.5 Å². The van der Waals surface area contributed by atoms with Gasteiger partial charge in [-0.25, -0.2) is 0 Å². The van der Waals surface area contributed by atoms with Gasteiger partial charge < -0.3 is 5.73 Å². The van der Waals surface area contributed by atoms with Gasteiger partial charge in [-0.3, -0.25) is 9.97 Å². The molecule has 0 amide bonds. The summed E-state index contributed by atoms with van der Waals surface area (Å²) in [6.45, 7) is 0. The summed E-state index contributed by atoms with van der Waals surface area (Å²) in [4.78, 5) is 8.56. The molecule has 3 nitrogen and oxygen atoms in total. The zero-order chi connectivity index (χ0) is 12.4. The fraction of sp³-hybridized carbons (Fsp3) is 0.143. The van der Waals surface area contributed by atoms with Crippen molar-refractivity contribution in [3.05, 3.63) is 58.5 Å². The van der Waals surface area contributed by atoms with Gasteiger partial charge in [0.2, 0.25) is 0 Å². The summed E-state index contributed by atoms with van der Waals surface area (Å²) in [5.74, 6) is 0. The first-order chi connectivity index (χ1) is 8.83. The summed E-state index contributed by atoms with van der Waals surface area (Å²) in [6, 6.07) is 8.16. The molecule has 2 aromatic heterocycles. The van der Waals surface area contributed by atoms with Gasteiger partial charge in [-0.1, -0.05) is 6.07 Å². The summed E-state index contributed by atoms with van der Waals surface area (Å²) in [5.41, 5.74) is 10.4. The maximum atomic E-state index is 6.23. The minimum atomic E-state index is 0.00556. The number of rotatable bonds is 3. The highest BCUT2D eigenvalue weighted by atomic mass is 32.1. The van der Waals surface area contributed by atoms with Crippen LogP contribution in [-0.2, 0) is 6.42 Å². The lowest BCUT2D eigenvalue weighted by molar-refractivity contribution is 0.724. The van der Waals surface area contributed by atoms with Crippen LogP contribution in [-0.4, -0.2) is 9.97 Å². The van der Waals surface area contributed by atoms with E-state index in [1.165, 1.54) is 5.56 Å². The van der Waals surface area contributed by atoms with Gasteiger partial charge in [0.25, 0.3) is 0 Å². The van der Waals surface area contributed by atoms with E-state index in [0.717, 1.165) is 23.0 Å². The van der Waals surface area contributed by atoms with Gasteiger partial charge in [0, 0.05) is 18.4 Å². The third-order valence-corrected chi connectivity index (χ3v) is 3.69. The number of nitrogens with two attached hydrogens (primary N) is 1. The molecule has 1 unspecified atom stereocenters. The molecule has 1 aromatic carbocycles. The van der Waals surface area contributed by atoms with E-state index in [4.69, 9.17) is 5.73 Å². The maximum absolute atomic E-state index is 6.23. The van der Waals surface area contributed by atoms with Crippen molar-refractivity contribution in [2.45, 2.75) is 12.5 Å². The average molecular weight is 255 g/mol. The van der Waals surface area contributed by atoms with Gasteiger partial charge in [-0.15, -0.1) is 0 Å². The van der Waals surface area contributed by atoms with Crippen LogP contribution in [0.3, 0.4) is 0 Å². The molecule has 3 aromatic rings. The number of hydrogen-bond donors (Lipinski definition) is 1. The van der Waals surface area contributed by atoms with Crippen molar-refractivity contribution in [1.29, 1.82) is 0 Å². The fourth-order valence-electron chi connectivity index (χ4n) is 1.99. The Balaban J connectivity index is 1.89. The van der Waals surface area contributed by atoms with Crippen LogP contribution >= 0.6 is 11.3 Å². The molecule has 0 aliphatic carbocycles. The van der Waals surface area contributed by atoms with Crippen molar-refractivity contribution in [3.8, 4) is 0 Å². The predicted octanol–water partition coefficient (Wildman–Crippen LogP) is 2.93. The molecule has 1 atom stereocenters. The lowest BCUT2D eigenvalue weighted by Gasteiger charge is -2.11. The molecule has 2 heterocycles. The van der Waals surface area contributed by atoms with Gasteiger partial charge >= 0.3 is 0 Å². The summed E-state index contributed by atoms with van der Waals surface area (Å²) >= 11 is 1.70. The zero-order valence-corrected chi connectivity index (χ0v) is 10.6. The summed E-state index contributed by atoms with van der Waals surface area (Å²) in [7, 11) is 0. The Hall–Kier alpha value is -1.78. The summed E-state index contributed by atoms with van der Waals surface area (Å²) < 4.78 is 0. The van der Waals surface area contributed by atoms with E-state index in [1.54, 1.807) is 23.7 Å². The first-order valence-corrected chi connectivity index (χ1v) is 6.74. The van der Waals surface area contributed by atoms with Crippen LogP contribution in [0.1, 0.15) is 17.2 Å². The molecule has 0 bridgehead atoms. The van der Waals surface area contributed by atoms with Crippen molar-refractivity contribution in [1.82, 2.24) is 9.97 Å². The smallest absolute Gasteiger partial charge is 0.0890 e. The lowest BCUT2D eigenvalue weighted by Crippen LogP contribution is -2.12. The number of nitrogens with zero attached hydrogens (tertiary/aromatic N) is 2. The van der Waals surface area contributed by atoms with E-state index in [9.17, 15) is 0 Å². The van der Waals surface area contributed by atoms with E-state index in [0.29, 0.717) is 0 Å². The largest absolute Gasteiger partial charge is 0.324 e. The molecule has 3 rings (SSSR count). The van der Waals surface area contributed by atoms with Crippen LogP contribution in [0.4, 0.5) is 0 Å². The molecule has 4 heteroatoms. The Morgan fingerprint density at radius 1 is 1.11 bits per heavy atom. The van der Waals surface area contributed by atoms with Crippen molar-refractivity contribution in [2.24, 2.45) is 5.73 Å². The topological polar surface area (TPSA) is 51.8 Å². The van der Waals surface area contributed by atoms with E-state index in [-0.39, 0.29) is 6.04 Å². The number of thiophene rings is 1. The maximum Gasteiger partial charge on any atom is 0.0890 e.